The highest BCUT2D eigenvalue weighted by Crippen LogP contribution is 2.29. The van der Waals surface area contributed by atoms with Gasteiger partial charge < -0.3 is 0 Å². The summed E-state index contributed by atoms with van der Waals surface area (Å²) in [6, 6.07) is 9.59. The number of aromatic nitrogens is 3. The van der Waals surface area contributed by atoms with Gasteiger partial charge in [-0.3, -0.25) is 10.1 Å². The SMILES string of the molecule is Cc1c(C(=O)Nc2nc3c(s2)CN(S(C)(=O)=O)CC3)cnn1-c1ccccc1. The van der Waals surface area contributed by atoms with Gasteiger partial charge >= 0.3 is 0 Å². The Morgan fingerprint density at radius 3 is 2.71 bits per heavy atom. The summed E-state index contributed by atoms with van der Waals surface area (Å²) < 4.78 is 26.6. The third kappa shape index (κ3) is 3.58. The first kappa shape index (κ1) is 18.8. The van der Waals surface area contributed by atoms with Crippen LogP contribution in [0.1, 0.15) is 26.6 Å². The minimum absolute atomic E-state index is 0.286. The molecule has 0 radical (unpaired) electrons. The van der Waals surface area contributed by atoms with E-state index < -0.39 is 10.0 Å². The lowest BCUT2D eigenvalue weighted by Gasteiger charge is -2.23. The first-order valence-electron chi connectivity index (χ1n) is 8.68. The van der Waals surface area contributed by atoms with Crippen molar-refractivity contribution < 1.29 is 13.2 Å². The lowest BCUT2D eigenvalue weighted by atomic mass is 10.2. The molecule has 0 saturated carbocycles. The highest BCUT2D eigenvalue weighted by molar-refractivity contribution is 7.88. The minimum atomic E-state index is -3.24. The molecule has 1 aliphatic rings. The van der Waals surface area contributed by atoms with Gasteiger partial charge in [-0.25, -0.2) is 18.1 Å². The fraction of sp³-hybridized carbons (Fsp3) is 0.278. The molecule has 0 fully saturated rings. The van der Waals surface area contributed by atoms with Gasteiger partial charge in [-0.1, -0.05) is 18.2 Å². The summed E-state index contributed by atoms with van der Waals surface area (Å²) in [6.07, 6.45) is 3.28. The van der Waals surface area contributed by atoms with Crippen LogP contribution in [0.25, 0.3) is 5.69 Å². The van der Waals surface area contributed by atoms with Gasteiger partial charge in [-0.15, -0.1) is 11.3 Å². The van der Waals surface area contributed by atoms with Crippen LogP contribution in [-0.4, -0.2) is 46.2 Å². The molecule has 1 N–H and O–H groups in total. The number of para-hydroxylation sites is 1. The summed E-state index contributed by atoms with van der Waals surface area (Å²) >= 11 is 1.31. The second-order valence-electron chi connectivity index (χ2n) is 6.58. The zero-order chi connectivity index (χ0) is 19.9. The van der Waals surface area contributed by atoms with Crippen LogP contribution in [0.5, 0.6) is 0 Å². The van der Waals surface area contributed by atoms with Crippen molar-refractivity contribution in [3.63, 3.8) is 0 Å². The third-order valence-electron chi connectivity index (χ3n) is 4.64. The van der Waals surface area contributed by atoms with Gasteiger partial charge in [0.1, 0.15) is 0 Å². The maximum atomic E-state index is 12.7. The molecule has 8 nitrogen and oxygen atoms in total. The highest BCUT2D eigenvalue weighted by atomic mass is 32.2. The average molecular weight is 418 g/mol. The standard InChI is InChI=1S/C18H19N5O3S2/c1-12-14(10-19-23(12)13-6-4-3-5-7-13)17(24)21-18-20-15-8-9-22(28(2,25)26)11-16(15)27-18/h3-7,10H,8-9,11H2,1-2H3,(H,20,21,24). The summed E-state index contributed by atoms with van der Waals surface area (Å²) in [5.41, 5.74) is 2.92. The molecular formula is C18H19N5O3S2. The van der Waals surface area contributed by atoms with E-state index in [1.807, 2.05) is 37.3 Å². The Labute approximate surface area is 166 Å². The number of carbonyl (C=O) groups is 1. The van der Waals surface area contributed by atoms with Crippen molar-refractivity contribution in [3.05, 3.63) is 58.4 Å². The molecular weight excluding hydrogens is 398 g/mol. The first-order chi connectivity index (χ1) is 13.3. The van der Waals surface area contributed by atoms with Crippen LogP contribution in [0.2, 0.25) is 0 Å². The van der Waals surface area contributed by atoms with Gasteiger partial charge in [0.25, 0.3) is 5.91 Å². The van der Waals surface area contributed by atoms with Crippen LogP contribution in [0.4, 0.5) is 5.13 Å². The summed E-state index contributed by atoms with van der Waals surface area (Å²) in [5, 5.41) is 7.61. The van der Waals surface area contributed by atoms with Gasteiger partial charge in [0.15, 0.2) is 5.13 Å². The molecule has 0 spiro atoms. The molecule has 0 saturated heterocycles. The molecule has 0 aliphatic carbocycles. The number of sulfonamides is 1. The van der Waals surface area contributed by atoms with Crippen LogP contribution in [0.15, 0.2) is 36.5 Å². The van der Waals surface area contributed by atoms with E-state index in [4.69, 9.17) is 0 Å². The summed E-state index contributed by atoms with van der Waals surface area (Å²) in [4.78, 5) is 18.0. The maximum absolute atomic E-state index is 12.7. The molecule has 4 rings (SSSR count). The number of thiazole rings is 1. The Morgan fingerprint density at radius 2 is 2.00 bits per heavy atom. The molecule has 10 heteroatoms. The van der Waals surface area contributed by atoms with Gasteiger partial charge in [0, 0.05) is 24.4 Å². The summed E-state index contributed by atoms with van der Waals surface area (Å²) in [5.74, 6) is -0.286. The van der Waals surface area contributed by atoms with E-state index in [2.05, 4.69) is 15.4 Å². The molecule has 0 atom stereocenters. The lowest BCUT2D eigenvalue weighted by Crippen LogP contribution is -2.34. The van der Waals surface area contributed by atoms with Gasteiger partial charge in [-0.05, 0) is 19.1 Å². The molecule has 28 heavy (non-hydrogen) atoms. The normalized spacial score (nSPS) is 14.6. The van der Waals surface area contributed by atoms with E-state index in [0.29, 0.717) is 30.2 Å². The lowest BCUT2D eigenvalue weighted by molar-refractivity contribution is 0.102. The molecule has 1 aliphatic heterocycles. The average Bonchev–Trinajstić information content (AvgIpc) is 3.23. The maximum Gasteiger partial charge on any atom is 0.260 e. The number of fused-ring (bicyclic) bond motifs is 1. The van der Waals surface area contributed by atoms with Crippen molar-refractivity contribution in [2.45, 2.75) is 19.9 Å². The molecule has 2 aromatic heterocycles. The number of carbonyl (C=O) groups excluding carboxylic acids is 1. The van der Waals surface area contributed by atoms with E-state index in [1.165, 1.54) is 28.1 Å². The van der Waals surface area contributed by atoms with Crippen molar-refractivity contribution in [2.75, 3.05) is 18.1 Å². The molecule has 3 aromatic rings. The van der Waals surface area contributed by atoms with Crippen molar-refractivity contribution in [3.8, 4) is 5.69 Å². The van der Waals surface area contributed by atoms with Crippen LogP contribution in [0.3, 0.4) is 0 Å². The number of amides is 1. The molecule has 146 valence electrons. The van der Waals surface area contributed by atoms with Crippen molar-refractivity contribution >= 4 is 32.4 Å². The highest BCUT2D eigenvalue weighted by Gasteiger charge is 2.27. The molecule has 0 bridgehead atoms. The molecule has 3 heterocycles. The van der Waals surface area contributed by atoms with Crippen LogP contribution in [-0.2, 0) is 23.0 Å². The largest absolute Gasteiger partial charge is 0.298 e. The number of benzene rings is 1. The van der Waals surface area contributed by atoms with Crippen molar-refractivity contribution in [2.24, 2.45) is 0 Å². The molecule has 0 unspecified atom stereocenters. The number of rotatable bonds is 4. The Balaban J connectivity index is 1.53. The zero-order valence-corrected chi connectivity index (χ0v) is 17.0. The van der Waals surface area contributed by atoms with Crippen LogP contribution in [0, 0.1) is 6.92 Å². The summed E-state index contributed by atoms with van der Waals surface area (Å²) in [7, 11) is -3.24. The van der Waals surface area contributed by atoms with E-state index in [1.54, 1.807) is 4.68 Å². The monoisotopic (exact) mass is 417 g/mol. The topological polar surface area (TPSA) is 97.2 Å². The van der Waals surface area contributed by atoms with Crippen LogP contribution < -0.4 is 5.32 Å². The van der Waals surface area contributed by atoms with Crippen LogP contribution >= 0.6 is 11.3 Å². The van der Waals surface area contributed by atoms with E-state index in [-0.39, 0.29) is 5.91 Å². The van der Waals surface area contributed by atoms with E-state index in [0.717, 1.165) is 22.0 Å². The number of hydrogen-bond acceptors (Lipinski definition) is 6. The van der Waals surface area contributed by atoms with E-state index >= 15 is 0 Å². The Kier molecular flexibility index (Phi) is 4.77. The van der Waals surface area contributed by atoms with Gasteiger partial charge in [-0.2, -0.15) is 9.40 Å². The number of nitrogens with one attached hydrogen (secondary N) is 1. The van der Waals surface area contributed by atoms with Crippen molar-refractivity contribution in [1.29, 1.82) is 0 Å². The zero-order valence-electron chi connectivity index (χ0n) is 15.4. The summed E-state index contributed by atoms with van der Waals surface area (Å²) in [6.45, 7) is 2.55. The Hall–Kier alpha value is -2.56. The molecule has 1 aromatic carbocycles. The Bertz CT molecular complexity index is 1140. The molecule has 1 amide bonds. The second kappa shape index (κ2) is 7.12. The van der Waals surface area contributed by atoms with Crippen molar-refractivity contribution in [1.82, 2.24) is 19.1 Å². The van der Waals surface area contributed by atoms with E-state index in [9.17, 15) is 13.2 Å². The van der Waals surface area contributed by atoms with Gasteiger partial charge in [0.2, 0.25) is 10.0 Å². The van der Waals surface area contributed by atoms with Gasteiger partial charge in [0.05, 0.1) is 35.1 Å². The number of hydrogen-bond donors (Lipinski definition) is 1. The third-order valence-corrected chi connectivity index (χ3v) is 6.89. The smallest absolute Gasteiger partial charge is 0.260 e. The second-order valence-corrected chi connectivity index (χ2v) is 9.65. The minimum Gasteiger partial charge on any atom is -0.298 e. The predicted molar refractivity (Wildman–Crippen MR) is 107 cm³/mol. The Morgan fingerprint density at radius 1 is 1.25 bits per heavy atom. The number of anilines is 1. The fourth-order valence-corrected chi connectivity index (χ4v) is 5.02. The first-order valence-corrected chi connectivity index (χ1v) is 11.3. The predicted octanol–water partition coefficient (Wildman–Crippen LogP) is 2.21. The quantitative estimate of drug-likeness (QED) is 0.702. The number of nitrogens with zero attached hydrogens (tertiary/aromatic N) is 4. The fourth-order valence-electron chi connectivity index (χ4n) is 3.14.